The van der Waals surface area contributed by atoms with Crippen LogP contribution in [0.15, 0.2) is 24.3 Å². The normalized spacial score (nSPS) is 15.1. The van der Waals surface area contributed by atoms with Crippen molar-refractivity contribution in [1.82, 2.24) is 0 Å². The lowest BCUT2D eigenvalue weighted by Gasteiger charge is -2.23. The van der Waals surface area contributed by atoms with Crippen molar-refractivity contribution in [2.24, 2.45) is 0 Å². The zero-order valence-corrected chi connectivity index (χ0v) is 16.2. The number of Topliss-reactive ketones (excluding diaryl/α,β-unsaturated/α-hetero) is 1. The van der Waals surface area contributed by atoms with E-state index in [1.807, 2.05) is 0 Å². The van der Waals surface area contributed by atoms with Gasteiger partial charge in [0.25, 0.3) is 0 Å². The predicted molar refractivity (Wildman–Crippen MR) is 98.6 cm³/mol. The first-order valence-corrected chi connectivity index (χ1v) is 8.67. The molecular weight excluding hydrogens is 364 g/mol. The van der Waals surface area contributed by atoms with Gasteiger partial charge in [-0.05, 0) is 47.4 Å². The molecule has 28 heavy (non-hydrogen) atoms. The van der Waals surface area contributed by atoms with Crippen molar-refractivity contribution in [1.29, 1.82) is 0 Å². The van der Waals surface area contributed by atoms with E-state index in [0.29, 0.717) is 45.3 Å². The molecule has 148 valence electrons. The van der Waals surface area contributed by atoms with Crippen LogP contribution < -0.4 is 24.1 Å². The molecule has 0 unspecified atom stereocenters. The van der Waals surface area contributed by atoms with E-state index < -0.39 is 11.9 Å². The van der Waals surface area contributed by atoms with E-state index >= 15 is 0 Å². The van der Waals surface area contributed by atoms with Crippen molar-refractivity contribution in [2.75, 3.05) is 28.4 Å². The van der Waals surface area contributed by atoms with Crippen LogP contribution in [0, 0.1) is 0 Å². The van der Waals surface area contributed by atoms with Gasteiger partial charge in [0, 0.05) is 23.9 Å². The molecule has 0 amide bonds. The summed E-state index contributed by atoms with van der Waals surface area (Å²) in [6.07, 6.45) is -0.194. The lowest BCUT2D eigenvalue weighted by Crippen LogP contribution is -2.25. The van der Waals surface area contributed by atoms with E-state index in [1.54, 1.807) is 24.3 Å². The molecule has 1 atom stereocenters. The monoisotopic (exact) mass is 385 g/mol. The Morgan fingerprint density at radius 1 is 0.893 bits per heavy atom. The maximum atomic E-state index is 13.0. The highest BCUT2D eigenvalue weighted by Crippen LogP contribution is 2.44. The Morgan fingerprint density at radius 2 is 1.39 bits per heavy atom. The summed E-state index contributed by atoms with van der Waals surface area (Å²) < 4.78 is 21.4. The highest BCUT2D eigenvalue weighted by molar-refractivity contribution is 6.01. The second-order valence-electron chi connectivity index (χ2n) is 6.43. The van der Waals surface area contributed by atoms with Crippen molar-refractivity contribution >= 4 is 11.8 Å². The summed E-state index contributed by atoms with van der Waals surface area (Å²) in [5.41, 5.74) is 2.32. The molecule has 0 saturated carbocycles. The number of ketones is 1. The number of aliphatic carboxylic acids is 1. The molecule has 0 radical (unpaired) electrons. The number of carbonyl (C=O) groups is 2. The number of carbonyl (C=O) groups excluding carboxylic acids is 2. The van der Waals surface area contributed by atoms with Crippen LogP contribution in [-0.2, 0) is 11.2 Å². The van der Waals surface area contributed by atoms with E-state index in [-0.39, 0.29) is 18.6 Å². The fraction of sp³-hybridized carbons (Fsp3) is 0.333. The Bertz CT molecular complexity index is 933. The Hall–Kier alpha value is -3.22. The zero-order chi connectivity index (χ0) is 20.4. The first kappa shape index (κ1) is 19.5. The van der Waals surface area contributed by atoms with E-state index in [4.69, 9.17) is 18.9 Å². The van der Waals surface area contributed by atoms with E-state index in [2.05, 4.69) is 0 Å². The van der Waals surface area contributed by atoms with Gasteiger partial charge in [-0.25, -0.2) is 0 Å². The van der Waals surface area contributed by atoms with Crippen molar-refractivity contribution in [3.8, 4) is 23.0 Å². The van der Waals surface area contributed by atoms with Gasteiger partial charge in [0.15, 0.2) is 28.8 Å². The predicted octanol–water partition coefficient (Wildman–Crippen LogP) is 1.73. The molecule has 0 N–H and O–H groups in total. The standard InChI is InChI=1S/C21H22O7/c1-25-17-6-11-5-16(22)15-9-20(28-4)19(27-3)8-13(15)14(10-21(23)24)12(11)7-18(17)26-2/h6-9,14H,5,10H2,1-4H3,(H,23,24)/p-1/t14-/m1/s1. The van der Waals surface area contributed by atoms with Crippen molar-refractivity contribution < 1.29 is 33.6 Å². The zero-order valence-electron chi connectivity index (χ0n) is 16.2. The maximum Gasteiger partial charge on any atom is 0.167 e. The lowest BCUT2D eigenvalue weighted by molar-refractivity contribution is -0.306. The Morgan fingerprint density at radius 3 is 1.93 bits per heavy atom. The molecule has 3 rings (SSSR count). The lowest BCUT2D eigenvalue weighted by atomic mass is 9.85. The van der Waals surface area contributed by atoms with Gasteiger partial charge in [-0.2, -0.15) is 0 Å². The summed E-state index contributed by atoms with van der Waals surface area (Å²) in [7, 11) is 5.97. The van der Waals surface area contributed by atoms with Crippen LogP contribution in [0.2, 0.25) is 0 Å². The SMILES string of the molecule is COc1cc2c(cc1OC)[C@@H](CC(=O)[O-])c1cc(OC)c(OC)cc1C(=O)C2. The van der Waals surface area contributed by atoms with Crippen LogP contribution in [0.4, 0.5) is 0 Å². The van der Waals surface area contributed by atoms with Crippen LogP contribution >= 0.6 is 0 Å². The highest BCUT2D eigenvalue weighted by Gasteiger charge is 2.31. The van der Waals surface area contributed by atoms with Crippen LogP contribution in [0.25, 0.3) is 0 Å². The number of rotatable bonds is 6. The van der Waals surface area contributed by atoms with E-state index in [0.717, 1.165) is 0 Å². The molecule has 7 heteroatoms. The van der Waals surface area contributed by atoms with Crippen LogP contribution in [0.3, 0.4) is 0 Å². The second kappa shape index (κ2) is 7.80. The minimum absolute atomic E-state index is 0.0989. The molecular formula is C21H21O7-. The highest BCUT2D eigenvalue weighted by atomic mass is 16.5. The number of fused-ring (bicyclic) bond motifs is 2. The third kappa shape index (κ3) is 3.35. The second-order valence-corrected chi connectivity index (χ2v) is 6.43. The molecule has 0 heterocycles. The van der Waals surface area contributed by atoms with Gasteiger partial charge in [0.05, 0.1) is 28.4 Å². The fourth-order valence-corrected chi connectivity index (χ4v) is 3.66. The number of hydrogen-bond acceptors (Lipinski definition) is 7. The molecule has 1 aliphatic carbocycles. The summed E-state index contributed by atoms with van der Waals surface area (Å²) in [6, 6.07) is 6.69. The molecule has 0 aliphatic heterocycles. The number of benzene rings is 2. The van der Waals surface area contributed by atoms with Gasteiger partial charge < -0.3 is 28.8 Å². The summed E-state index contributed by atoms with van der Waals surface area (Å²) in [5, 5.41) is 11.5. The quantitative estimate of drug-likeness (QED) is 0.747. The fourth-order valence-electron chi connectivity index (χ4n) is 3.66. The largest absolute Gasteiger partial charge is 0.550 e. The van der Waals surface area contributed by atoms with Crippen molar-refractivity contribution in [3.05, 3.63) is 46.5 Å². The summed E-state index contributed by atoms with van der Waals surface area (Å²) in [4.78, 5) is 24.5. The van der Waals surface area contributed by atoms with Gasteiger partial charge >= 0.3 is 0 Å². The molecule has 7 nitrogen and oxygen atoms in total. The number of hydrogen-bond donors (Lipinski definition) is 0. The average molecular weight is 385 g/mol. The number of carboxylic acids is 1. The Balaban J connectivity index is 2.30. The number of ether oxygens (including phenoxy) is 4. The third-order valence-electron chi connectivity index (χ3n) is 4.97. The topological polar surface area (TPSA) is 94.1 Å². The first-order chi connectivity index (χ1) is 13.4. The maximum absolute atomic E-state index is 13.0. The first-order valence-electron chi connectivity index (χ1n) is 8.67. The minimum Gasteiger partial charge on any atom is -0.550 e. The molecule has 2 aromatic rings. The smallest absolute Gasteiger partial charge is 0.167 e. The van der Waals surface area contributed by atoms with Gasteiger partial charge in [-0.3, -0.25) is 4.79 Å². The van der Waals surface area contributed by atoms with Gasteiger partial charge in [-0.15, -0.1) is 0 Å². The van der Waals surface area contributed by atoms with Gasteiger partial charge in [-0.1, -0.05) is 0 Å². The molecule has 0 bridgehead atoms. The number of methoxy groups -OCH3 is 4. The molecule has 0 aromatic heterocycles. The third-order valence-corrected chi connectivity index (χ3v) is 4.97. The van der Waals surface area contributed by atoms with Crippen molar-refractivity contribution in [3.63, 3.8) is 0 Å². The molecule has 2 aromatic carbocycles. The summed E-state index contributed by atoms with van der Waals surface area (Å²) >= 11 is 0. The van der Waals surface area contributed by atoms with E-state index in [1.165, 1.54) is 28.4 Å². The summed E-state index contributed by atoms with van der Waals surface area (Å²) in [6.45, 7) is 0. The van der Waals surface area contributed by atoms with Crippen LogP contribution in [-0.4, -0.2) is 40.2 Å². The Labute approximate surface area is 162 Å². The van der Waals surface area contributed by atoms with Gasteiger partial charge in [0.2, 0.25) is 0 Å². The summed E-state index contributed by atoms with van der Waals surface area (Å²) in [5.74, 6) is -0.222. The molecule has 1 aliphatic rings. The van der Waals surface area contributed by atoms with Crippen LogP contribution in [0.1, 0.15) is 39.4 Å². The minimum atomic E-state index is -1.22. The molecule has 0 fully saturated rings. The molecule has 0 spiro atoms. The van der Waals surface area contributed by atoms with Crippen molar-refractivity contribution in [2.45, 2.75) is 18.8 Å². The molecule has 0 saturated heterocycles. The van der Waals surface area contributed by atoms with E-state index in [9.17, 15) is 14.7 Å². The average Bonchev–Trinajstić information content (AvgIpc) is 2.79. The Kier molecular flexibility index (Phi) is 5.44. The number of carboxylic acid groups (broad SMARTS) is 1. The van der Waals surface area contributed by atoms with Gasteiger partial charge in [0.1, 0.15) is 0 Å². The van der Waals surface area contributed by atoms with Crippen LogP contribution in [0.5, 0.6) is 23.0 Å².